The molecule has 0 radical (unpaired) electrons. The van der Waals surface area contributed by atoms with Gasteiger partial charge in [-0.25, -0.2) is 0 Å². The average Bonchev–Trinajstić information content (AvgIpc) is 2.25. The molecule has 1 rings (SSSR count). The molecule has 1 aliphatic rings. The summed E-state index contributed by atoms with van der Waals surface area (Å²) in [6, 6.07) is 0. The first-order chi connectivity index (χ1) is 6.44. The third kappa shape index (κ3) is 2.56. The van der Waals surface area contributed by atoms with Crippen molar-refractivity contribution in [3.63, 3.8) is 0 Å². The Balaban J connectivity index is 2.42. The number of carbonyl (C=O) groups excluding carboxylic acids is 2. The zero-order chi connectivity index (χ0) is 10.8. The lowest BCUT2D eigenvalue weighted by Gasteiger charge is -2.26. The van der Waals surface area contributed by atoms with Gasteiger partial charge in [0.05, 0.1) is 6.42 Å². The molecule has 0 N–H and O–H groups in total. The molecular weight excluding hydrogens is 180 g/mol. The van der Waals surface area contributed by atoms with Crippen molar-refractivity contribution in [3.8, 4) is 0 Å². The summed E-state index contributed by atoms with van der Waals surface area (Å²) in [7, 11) is 0. The molecule has 1 saturated heterocycles. The average molecular weight is 198 g/mol. The summed E-state index contributed by atoms with van der Waals surface area (Å²) in [5.74, 6) is 0.357. The van der Waals surface area contributed by atoms with Crippen LogP contribution in [-0.2, 0) is 14.3 Å². The van der Waals surface area contributed by atoms with Crippen molar-refractivity contribution in [2.75, 3.05) is 0 Å². The molecule has 0 bridgehead atoms. The molecular formula is C11H18O3. The van der Waals surface area contributed by atoms with Crippen LogP contribution >= 0.6 is 0 Å². The van der Waals surface area contributed by atoms with Gasteiger partial charge in [0.25, 0.3) is 0 Å². The molecule has 1 fully saturated rings. The van der Waals surface area contributed by atoms with Gasteiger partial charge < -0.3 is 9.53 Å². The van der Waals surface area contributed by atoms with Gasteiger partial charge in [0.2, 0.25) is 0 Å². The fourth-order valence-electron chi connectivity index (χ4n) is 1.85. The topological polar surface area (TPSA) is 43.4 Å². The van der Waals surface area contributed by atoms with Gasteiger partial charge in [0.15, 0.2) is 0 Å². The van der Waals surface area contributed by atoms with Gasteiger partial charge in [0.1, 0.15) is 11.4 Å². The summed E-state index contributed by atoms with van der Waals surface area (Å²) in [5, 5.41) is 0. The standard InChI is InChI=1S/C11H18O3/c1-8-7-10(13)14-11(8,3)6-4-5-9(2)12/h8H,4-7H2,1-3H3. The Morgan fingerprint density at radius 2 is 2.29 bits per heavy atom. The van der Waals surface area contributed by atoms with Crippen LogP contribution in [0.3, 0.4) is 0 Å². The third-order valence-corrected chi connectivity index (χ3v) is 3.06. The molecule has 0 aromatic carbocycles. The minimum absolute atomic E-state index is 0.108. The zero-order valence-corrected chi connectivity index (χ0v) is 9.13. The van der Waals surface area contributed by atoms with Crippen LogP contribution in [0, 0.1) is 5.92 Å². The number of ketones is 1. The van der Waals surface area contributed by atoms with E-state index in [9.17, 15) is 9.59 Å². The summed E-state index contributed by atoms with van der Waals surface area (Å²) < 4.78 is 5.29. The van der Waals surface area contributed by atoms with E-state index in [0.29, 0.717) is 12.8 Å². The SMILES string of the molecule is CC(=O)CCCC1(C)OC(=O)CC1C. The van der Waals surface area contributed by atoms with Crippen LogP contribution in [0.25, 0.3) is 0 Å². The summed E-state index contributed by atoms with van der Waals surface area (Å²) in [4.78, 5) is 21.8. The summed E-state index contributed by atoms with van der Waals surface area (Å²) in [6.07, 6.45) is 2.69. The van der Waals surface area contributed by atoms with Crippen molar-refractivity contribution in [1.29, 1.82) is 0 Å². The van der Waals surface area contributed by atoms with Crippen LogP contribution in [0.5, 0.6) is 0 Å². The second-order valence-corrected chi connectivity index (χ2v) is 4.45. The first kappa shape index (κ1) is 11.2. The van der Waals surface area contributed by atoms with E-state index in [1.165, 1.54) is 0 Å². The molecule has 0 amide bonds. The molecule has 1 aliphatic heterocycles. The third-order valence-electron chi connectivity index (χ3n) is 3.06. The Morgan fingerprint density at radius 3 is 2.71 bits per heavy atom. The van der Waals surface area contributed by atoms with E-state index in [4.69, 9.17) is 4.74 Å². The molecule has 0 spiro atoms. The Kier molecular flexibility index (Phi) is 3.29. The number of Topliss-reactive ketones (excluding diaryl/α,β-unsaturated/α-hetero) is 1. The van der Waals surface area contributed by atoms with Crippen LogP contribution in [0.2, 0.25) is 0 Å². The van der Waals surface area contributed by atoms with Gasteiger partial charge in [-0.05, 0) is 26.7 Å². The van der Waals surface area contributed by atoms with E-state index in [1.807, 2.05) is 13.8 Å². The Bertz CT molecular complexity index is 247. The molecule has 2 atom stereocenters. The highest BCUT2D eigenvalue weighted by molar-refractivity contribution is 5.75. The maximum atomic E-state index is 11.1. The maximum absolute atomic E-state index is 11.1. The van der Waals surface area contributed by atoms with Gasteiger partial charge in [-0.2, -0.15) is 0 Å². The lowest BCUT2D eigenvalue weighted by Crippen LogP contribution is -2.30. The van der Waals surface area contributed by atoms with E-state index >= 15 is 0 Å². The lowest BCUT2D eigenvalue weighted by atomic mass is 9.86. The first-order valence-electron chi connectivity index (χ1n) is 5.15. The summed E-state index contributed by atoms with van der Waals surface area (Å²) in [5.41, 5.74) is -0.341. The minimum Gasteiger partial charge on any atom is -0.459 e. The van der Waals surface area contributed by atoms with Crippen LogP contribution in [0.15, 0.2) is 0 Å². The van der Waals surface area contributed by atoms with Gasteiger partial charge in [-0.1, -0.05) is 6.92 Å². The van der Waals surface area contributed by atoms with Crippen molar-refractivity contribution >= 4 is 11.8 Å². The normalized spacial score (nSPS) is 31.6. The Hall–Kier alpha value is -0.860. The van der Waals surface area contributed by atoms with Gasteiger partial charge >= 0.3 is 5.97 Å². The second kappa shape index (κ2) is 4.11. The fourth-order valence-corrected chi connectivity index (χ4v) is 1.85. The van der Waals surface area contributed by atoms with Gasteiger partial charge in [0, 0.05) is 12.3 Å². The predicted molar refractivity (Wildman–Crippen MR) is 52.8 cm³/mol. The minimum atomic E-state index is -0.341. The predicted octanol–water partition coefficient (Wildman–Crippen LogP) is 2.09. The Labute approximate surface area is 84.8 Å². The quantitative estimate of drug-likeness (QED) is 0.649. The highest BCUT2D eigenvalue weighted by Gasteiger charge is 2.41. The molecule has 0 aromatic rings. The van der Waals surface area contributed by atoms with Crippen molar-refractivity contribution in [2.45, 2.75) is 52.1 Å². The van der Waals surface area contributed by atoms with Crippen molar-refractivity contribution < 1.29 is 14.3 Å². The molecule has 80 valence electrons. The van der Waals surface area contributed by atoms with Crippen molar-refractivity contribution in [3.05, 3.63) is 0 Å². The number of cyclic esters (lactones) is 1. The smallest absolute Gasteiger partial charge is 0.306 e. The molecule has 0 aromatic heterocycles. The number of hydrogen-bond donors (Lipinski definition) is 0. The molecule has 2 unspecified atom stereocenters. The van der Waals surface area contributed by atoms with Crippen LogP contribution < -0.4 is 0 Å². The van der Waals surface area contributed by atoms with Crippen molar-refractivity contribution in [2.24, 2.45) is 5.92 Å². The first-order valence-corrected chi connectivity index (χ1v) is 5.15. The van der Waals surface area contributed by atoms with Gasteiger partial charge in [-0.3, -0.25) is 4.79 Å². The molecule has 14 heavy (non-hydrogen) atoms. The second-order valence-electron chi connectivity index (χ2n) is 4.45. The molecule has 3 nitrogen and oxygen atoms in total. The molecule has 1 heterocycles. The van der Waals surface area contributed by atoms with E-state index in [0.717, 1.165) is 12.8 Å². The maximum Gasteiger partial charge on any atom is 0.306 e. The lowest BCUT2D eigenvalue weighted by molar-refractivity contribution is -0.148. The monoisotopic (exact) mass is 198 g/mol. The number of ether oxygens (including phenoxy) is 1. The number of rotatable bonds is 4. The number of hydrogen-bond acceptors (Lipinski definition) is 3. The summed E-state index contributed by atoms with van der Waals surface area (Å²) >= 11 is 0. The zero-order valence-electron chi connectivity index (χ0n) is 9.13. The van der Waals surface area contributed by atoms with Crippen LogP contribution in [0.1, 0.15) is 46.5 Å². The van der Waals surface area contributed by atoms with Crippen LogP contribution in [0.4, 0.5) is 0 Å². The van der Waals surface area contributed by atoms with E-state index < -0.39 is 0 Å². The molecule has 0 aliphatic carbocycles. The highest BCUT2D eigenvalue weighted by atomic mass is 16.6. The fraction of sp³-hybridized carbons (Fsp3) is 0.818. The largest absolute Gasteiger partial charge is 0.459 e. The van der Waals surface area contributed by atoms with E-state index in [-0.39, 0.29) is 23.3 Å². The van der Waals surface area contributed by atoms with Crippen LogP contribution in [-0.4, -0.2) is 17.4 Å². The molecule has 3 heteroatoms. The number of carbonyl (C=O) groups is 2. The number of esters is 1. The van der Waals surface area contributed by atoms with Crippen molar-refractivity contribution in [1.82, 2.24) is 0 Å². The Morgan fingerprint density at radius 1 is 1.64 bits per heavy atom. The van der Waals surface area contributed by atoms with E-state index in [2.05, 4.69) is 0 Å². The summed E-state index contributed by atoms with van der Waals surface area (Å²) in [6.45, 7) is 5.58. The molecule has 0 saturated carbocycles. The highest BCUT2D eigenvalue weighted by Crippen LogP contribution is 2.36. The van der Waals surface area contributed by atoms with E-state index in [1.54, 1.807) is 6.92 Å². The van der Waals surface area contributed by atoms with Gasteiger partial charge in [-0.15, -0.1) is 0 Å².